The van der Waals surface area contributed by atoms with Crippen molar-refractivity contribution in [2.45, 2.75) is 26.9 Å². The molecule has 0 saturated heterocycles. The van der Waals surface area contributed by atoms with Crippen LogP contribution in [0.5, 0.6) is 5.75 Å². The highest BCUT2D eigenvalue weighted by Crippen LogP contribution is 2.29. The average Bonchev–Trinajstić information content (AvgIpc) is 2.28. The van der Waals surface area contributed by atoms with Gasteiger partial charge < -0.3 is 15.2 Å². The number of hydrogen-bond acceptors (Lipinski definition) is 3. The van der Waals surface area contributed by atoms with E-state index in [1.54, 1.807) is 27.0 Å². The van der Waals surface area contributed by atoms with E-state index in [0.29, 0.717) is 22.8 Å². The summed E-state index contributed by atoms with van der Waals surface area (Å²) in [5.74, 6) is 0.910. The largest absolute Gasteiger partial charge is 0.496 e. The molecule has 0 radical (unpaired) electrons. The molecule has 1 aromatic rings. The van der Waals surface area contributed by atoms with E-state index in [-0.39, 0.29) is 11.9 Å². The predicted molar refractivity (Wildman–Crippen MR) is 65.0 cm³/mol. The van der Waals surface area contributed by atoms with Gasteiger partial charge in [0.05, 0.1) is 7.11 Å². The van der Waals surface area contributed by atoms with Crippen molar-refractivity contribution in [3.8, 4) is 5.75 Å². The lowest BCUT2D eigenvalue weighted by Crippen LogP contribution is -2.05. The average molecular weight is 239 g/mol. The molecule has 4 heteroatoms. The van der Waals surface area contributed by atoms with Gasteiger partial charge in [0.1, 0.15) is 23.4 Å². The Morgan fingerprint density at radius 1 is 1.35 bits per heavy atom. The van der Waals surface area contributed by atoms with Gasteiger partial charge in [-0.15, -0.1) is 0 Å². The van der Waals surface area contributed by atoms with Gasteiger partial charge in [-0.3, -0.25) is 0 Å². The third-order valence-corrected chi connectivity index (χ3v) is 2.54. The van der Waals surface area contributed by atoms with Gasteiger partial charge in [0.15, 0.2) is 0 Å². The molecule has 3 nitrogen and oxygen atoms in total. The van der Waals surface area contributed by atoms with Crippen LogP contribution in [0.25, 0.3) is 0 Å². The molecule has 0 spiro atoms. The van der Waals surface area contributed by atoms with Crippen LogP contribution in [0.15, 0.2) is 29.7 Å². The zero-order valence-electron chi connectivity index (χ0n) is 10.6. The molecule has 0 aromatic heterocycles. The van der Waals surface area contributed by atoms with E-state index >= 15 is 0 Å². The Kier molecular flexibility index (Phi) is 4.37. The maximum Gasteiger partial charge on any atom is 0.125 e. The normalized spacial score (nSPS) is 13.9. The lowest BCUT2D eigenvalue weighted by atomic mass is 10.1. The lowest BCUT2D eigenvalue weighted by Gasteiger charge is -2.18. The minimum atomic E-state index is -0.320. The quantitative estimate of drug-likeness (QED) is 0.821. The van der Waals surface area contributed by atoms with Crippen LogP contribution in [0, 0.1) is 5.82 Å². The fraction of sp³-hybridized carbons (Fsp3) is 0.385. The fourth-order valence-corrected chi connectivity index (χ4v) is 1.44. The number of hydrogen-bond donors (Lipinski definition) is 1. The predicted octanol–water partition coefficient (Wildman–Crippen LogP) is 3.12. The molecule has 0 heterocycles. The smallest absolute Gasteiger partial charge is 0.125 e. The summed E-state index contributed by atoms with van der Waals surface area (Å²) in [5.41, 5.74) is 6.88. The van der Waals surface area contributed by atoms with Crippen LogP contribution < -0.4 is 10.5 Å². The molecule has 2 N–H and O–H groups in total. The monoisotopic (exact) mass is 239 g/mol. The molecule has 0 aliphatic heterocycles. The highest BCUT2D eigenvalue weighted by Gasteiger charge is 2.14. The molecule has 0 aliphatic rings. The molecule has 1 unspecified atom stereocenters. The minimum absolute atomic E-state index is 0.317. The highest BCUT2D eigenvalue weighted by molar-refractivity contribution is 5.35. The number of allylic oxidation sites excluding steroid dienone is 2. The summed E-state index contributed by atoms with van der Waals surface area (Å²) in [4.78, 5) is 0. The number of halogens is 1. The standard InChI is InChI=1S/C13H18FNO2/c1-8(15)9(2)17-10(3)12-7-11(14)5-6-13(12)16-4/h5-7,10H,15H2,1-4H3/b9-8-. The molecule has 0 bridgehead atoms. The Balaban J connectivity index is 2.99. The summed E-state index contributed by atoms with van der Waals surface area (Å²) in [6, 6.07) is 4.34. The van der Waals surface area contributed by atoms with Crippen molar-refractivity contribution < 1.29 is 13.9 Å². The highest BCUT2D eigenvalue weighted by atomic mass is 19.1. The Labute approximate surface area is 101 Å². The van der Waals surface area contributed by atoms with Gasteiger partial charge >= 0.3 is 0 Å². The fourth-order valence-electron chi connectivity index (χ4n) is 1.44. The maximum absolute atomic E-state index is 13.2. The molecular formula is C13H18FNO2. The Morgan fingerprint density at radius 2 is 2.00 bits per heavy atom. The number of rotatable bonds is 4. The second-order valence-corrected chi connectivity index (χ2v) is 3.89. The van der Waals surface area contributed by atoms with E-state index in [4.69, 9.17) is 15.2 Å². The molecule has 0 amide bonds. The summed E-state index contributed by atoms with van der Waals surface area (Å²) in [6.45, 7) is 5.35. The number of methoxy groups -OCH3 is 1. The zero-order chi connectivity index (χ0) is 13.0. The van der Waals surface area contributed by atoms with Gasteiger partial charge in [-0.2, -0.15) is 0 Å². The van der Waals surface area contributed by atoms with Crippen molar-refractivity contribution in [2.75, 3.05) is 7.11 Å². The van der Waals surface area contributed by atoms with Crippen molar-refractivity contribution in [1.29, 1.82) is 0 Å². The van der Waals surface area contributed by atoms with Gasteiger partial charge in [0, 0.05) is 11.3 Å². The summed E-state index contributed by atoms with van der Waals surface area (Å²) in [6.07, 6.45) is -0.320. The van der Waals surface area contributed by atoms with Crippen molar-refractivity contribution in [3.05, 3.63) is 41.0 Å². The van der Waals surface area contributed by atoms with Crippen LogP contribution in [0.4, 0.5) is 4.39 Å². The van der Waals surface area contributed by atoms with Crippen LogP contribution in [0.1, 0.15) is 32.4 Å². The van der Waals surface area contributed by atoms with Gasteiger partial charge in [-0.1, -0.05) is 0 Å². The summed E-state index contributed by atoms with van der Waals surface area (Å²) in [5, 5.41) is 0. The van der Waals surface area contributed by atoms with E-state index in [0.717, 1.165) is 0 Å². The second kappa shape index (κ2) is 5.57. The van der Waals surface area contributed by atoms with E-state index in [2.05, 4.69) is 0 Å². The Hall–Kier alpha value is -1.71. The van der Waals surface area contributed by atoms with Crippen LogP contribution in [-0.2, 0) is 4.74 Å². The topological polar surface area (TPSA) is 44.5 Å². The first-order chi connectivity index (χ1) is 7.95. The molecule has 0 fully saturated rings. The van der Waals surface area contributed by atoms with Crippen LogP contribution in [0.3, 0.4) is 0 Å². The Bertz CT molecular complexity index is 425. The van der Waals surface area contributed by atoms with Gasteiger partial charge in [-0.25, -0.2) is 4.39 Å². The zero-order valence-corrected chi connectivity index (χ0v) is 10.6. The van der Waals surface area contributed by atoms with Gasteiger partial charge in [0.2, 0.25) is 0 Å². The molecule has 1 atom stereocenters. The SMILES string of the molecule is COc1ccc(F)cc1C(C)O/C(C)=C(/C)N. The summed E-state index contributed by atoms with van der Waals surface area (Å²) < 4.78 is 24.0. The number of benzene rings is 1. The number of nitrogens with two attached hydrogens (primary N) is 1. The Morgan fingerprint density at radius 3 is 2.53 bits per heavy atom. The molecule has 1 aromatic carbocycles. The molecule has 0 aliphatic carbocycles. The molecule has 1 rings (SSSR count). The van der Waals surface area contributed by atoms with Crippen LogP contribution in [0.2, 0.25) is 0 Å². The third kappa shape index (κ3) is 3.37. The van der Waals surface area contributed by atoms with E-state index < -0.39 is 0 Å². The number of ether oxygens (including phenoxy) is 2. The van der Waals surface area contributed by atoms with Crippen LogP contribution >= 0.6 is 0 Å². The van der Waals surface area contributed by atoms with Gasteiger partial charge in [-0.05, 0) is 39.0 Å². The van der Waals surface area contributed by atoms with Crippen LogP contribution in [-0.4, -0.2) is 7.11 Å². The first-order valence-electron chi connectivity index (χ1n) is 5.38. The first-order valence-corrected chi connectivity index (χ1v) is 5.38. The lowest BCUT2D eigenvalue weighted by molar-refractivity contribution is 0.128. The minimum Gasteiger partial charge on any atom is -0.496 e. The molecule has 17 heavy (non-hydrogen) atoms. The van der Waals surface area contributed by atoms with E-state index in [9.17, 15) is 4.39 Å². The van der Waals surface area contributed by atoms with Gasteiger partial charge in [0.25, 0.3) is 0 Å². The van der Waals surface area contributed by atoms with Crippen molar-refractivity contribution in [3.63, 3.8) is 0 Å². The van der Waals surface area contributed by atoms with Crippen molar-refractivity contribution in [2.24, 2.45) is 5.73 Å². The second-order valence-electron chi connectivity index (χ2n) is 3.89. The summed E-state index contributed by atoms with van der Waals surface area (Å²) >= 11 is 0. The third-order valence-electron chi connectivity index (χ3n) is 2.54. The van der Waals surface area contributed by atoms with E-state index in [1.807, 2.05) is 6.92 Å². The maximum atomic E-state index is 13.2. The van der Waals surface area contributed by atoms with Crippen molar-refractivity contribution in [1.82, 2.24) is 0 Å². The van der Waals surface area contributed by atoms with E-state index in [1.165, 1.54) is 12.1 Å². The molecule has 94 valence electrons. The summed E-state index contributed by atoms with van der Waals surface area (Å²) in [7, 11) is 1.54. The first kappa shape index (κ1) is 13.4. The molecule has 0 saturated carbocycles. The van der Waals surface area contributed by atoms with Crippen molar-refractivity contribution >= 4 is 0 Å². The molecular weight excluding hydrogens is 221 g/mol.